The van der Waals surface area contributed by atoms with Gasteiger partial charge in [0.05, 0.1) is 5.02 Å². The number of halogens is 3. The Morgan fingerprint density at radius 2 is 1.78 bits per heavy atom. The molecule has 1 aromatic rings. The van der Waals surface area contributed by atoms with E-state index in [0.29, 0.717) is 15.1 Å². The molecule has 0 saturated heterocycles. The van der Waals surface area contributed by atoms with E-state index in [1.54, 1.807) is 6.07 Å². The summed E-state index contributed by atoms with van der Waals surface area (Å²) >= 11 is 9.24. The molecule has 1 atom stereocenters. The lowest BCUT2D eigenvalue weighted by atomic mass is 9.97. The summed E-state index contributed by atoms with van der Waals surface area (Å²) in [5.41, 5.74) is 7.01. The highest BCUT2D eigenvalue weighted by Gasteiger charge is 2.66. The minimum atomic E-state index is -0.319. The van der Waals surface area contributed by atoms with Gasteiger partial charge in [0.15, 0.2) is 0 Å². The number of benzene rings is 1. The summed E-state index contributed by atoms with van der Waals surface area (Å²) in [7, 11) is 0. The second-order valence-corrected chi connectivity index (χ2v) is 7.50. The van der Waals surface area contributed by atoms with Gasteiger partial charge in [-0.05, 0) is 44.8 Å². The fourth-order valence-electron chi connectivity index (χ4n) is 3.12. The fraction of sp³-hybridized carbons (Fsp3) is 0.571. The molecule has 0 spiro atoms. The first-order valence-electron chi connectivity index (χ1n) is 6.00. The molecular formula is C14H18BrClFN. The SMILES string of the molecule is CC1(C)C(C(N)c2cc(Cl)c(Br)cc2F)C1(C)C. The smallest absolute Gasteiger partial charge is 0.129 e. The lowest BCUT2D eigenvalue weighted by Crippen LogP contribution is -2.18. The van der Waals surface area contributed by atoms with Crippen molar-refractivity contribution >= 4 is 27.5 Å². The van der Waals surface area contributed by atoms with E-state index < -0.39 is 0 Å². The van der Waals surface area contributed by atoms with E-state index in [4.69, 9.17) is 17.3 Å². The van der Waals surface area contributed by atoms with Crippen LogP contribution >= 0.6 is 27.5 Å². The van der Waals surface area contributed by atoms with Gasteiger partial charge in [-0.3, -0.25) is 0 Å². The van der Waals surface area contributed by atoms with Crippen molar-refractivity contribution in [1.82, 2.24) is 0 Å². The molecule has 0 aromatic heterocycles. The summed E-state index contributed by atoms with van der Waals surface area (Å²) in [6.45, 7) is 8.71. The average molecular weight is 335 g/mol. The van der Waals surface area contributed by atoms with Gasteiger partial charge in [0.25, 0.3) is 0 Å². The van der Waals surface area contributed by atoms with Crippen molar-refractivity contribution in [3.05, 3.63) is 33.0 Å². The van der Waals surface area contributed by atoms with Gasteiger partial charge in [-0.2, -0.15) is 0 Å². The van der Waals surface area contributed by atoms with Crippen molar-refractivity contribution in [1.29, 1.82) is 0 Å². The van der Waals surface area contributed by atoms with Crippen molar-refractivity contribution in [2.24, 2.45) is 22.5 Å². The number of nitrogens with two attached hydrogens (primary N) is 1. The molecule has 1 aliphatic carbocycles. The third-order valence-corrected chi connectivity index (χ3v) is 6.09. The standard InChI is InChI=1S/C14H18BrClFN/c1-13(2)12(14(13,3)4)11(18)7-5-9(16)8(15)6-10(7)17/h5-6,11-12H,18H2,1-4H3. The van der Waals surface area contributed by atoms with Crippen molar-refractivity contribution < 1.29 is 4.39 Å². The Morgan fingerprint density at radius 1 is 1.28 bits per heavy atom. The van der Waals surface area contributed by atoms with Gasteiger partial charge in [-0.25, -0.2) is 4.39 Å². The highest BCUT2D eigenvalue weighted by molar-refractivity contribution is 9.10. The lowest BCUT2D eigenvalue weighted by Gasteiger charge is -2.16. The van der Waals surface area contributed by atoms with Gasteiger partial charge in [-0.15, -0.1) is 0 Å². The van der Waals surface area contributed by atoms with E-state index in [1.807, 2.05) is 0 Å². The Morgan fingerprint density at radius 3 is 2.22 bits per heavy atom. The highest BCUT2D eigenvalue weighted by atomic mass is 79.9. The first-order chi connectivity index (χ1) is 8.10. The second kappa shape index (κ2) is 4.19. The lowest BCUT2D eigenvalue weighted by molar-refractivity contribution is 0.457. The molecule has 1 aliphatic rings. The first-order valence-corrected chi connectivity index (χ1v) is 7.18. The van der Waals surface area contributed by atoms with Gasteiger partial charge in [0.1, 0.15) is 5.82 Å². The minimum absolute atomic E-state index is 0.123. The number of rotatable bonds is 2. The summed E-state index contributed by atoms with van der Waals surface area (Å²) in [5.74, 6) is -0.0333. The predicted molar refractivity (Wildman–Crippen MR) is 77.1 cm³/mol. The second-order valence-electron chi connectivity index (χ2n) is 6.23. The maximum atomic E-state index is 14.0. The third-order valence-electron chi connectivity index (χ3n) is 4.89. The van der Waals surface area contributed by atoms with Crippen LogP contribution in [0.4, 0.5) is 4.39 Å². The van der Waals surface area contributed by atoms with Crippen LogP contribution in [0.3, 0.4) is 0 Å². The van der Waals surface area contributed by atoms with Crippen LogP contribution in [0.5, 0.6) is 0 Å². The molecule has 1 aromatic carbocycles. The topological polar surface area (TPSA) is 26.0 Å². The maximum Gasteiger partial charge on any atom is 0.129 e. The molecule has 1 unspecified atom stereocenters. The summed E-state index contributed by atoms with van der Waals surface area (Å²) in [4.78, 5) is 0. The van der Waals surface area contributed by atoms with Crippen LogP contribution in [0.1, 0.15) is 39.3 Å². The van der Waals surface area contributed by atoms with Crippen LogP contribution in [0.15, 0.2) is 16.6 Å². The van der Waals surface area contributed by atoms with Gasteiger partial charge in [0.2, 0.25) is 0 Å². The van der Waals surface area contributed by atoms with E-state index in [2.05, 4.69) is 43.6 Å². The Hall–Kier alpha value is -0.120. The van der Waals surface area contributed by atoms with E-state index in [-0.39, 0.29) is 28.6 Å². The predicted octanol–water partition coefficient (Wildman–Crippen LogP) is 4.92. The molecule has 0 amide bonds. The zero-order valence-corrected chi connectivity index (χ0v) is 13.4. The molecule has 1 saturated carbocycles. The van der Waals surface area contributed by atoms with E-state index in [9.17, 15) is 4.39 Å². The molecule has 2 rings (SSSR count). The molecule has 18 heavy (non-hydrogen) atoms. The van der Waals surface area contributed by atoms with E-state index in [1.165, 1.54) is 6.07 Å². The molecule has 0 heterocycles. The molecule has 100 valence electrons. The Kier molecular flexibility index (Phi) is 3.33. The van der Waals surface area contributed by atoms with Crippen molar-refractivity contribution in [2.75, 3.05) is 0 Å². The van der Waals surface area contributed by atoms with Crippen molar-refractivity contribution in [3.63, 3.8) is 0 Å². The molecule has 0 bridgehead atoms. The van der Waals surface area contributed by atoms with Gasteiger partial charge >= 0.3 is 0 Å². The van der Waals surface area contributed by atoms with Crippen LogP contribution in [0.25, 0.3) is 0 Å². The first kappa shape index (κ1) is 14.3. The van der Waals surface area contributed by atoms with Crippen LogP contribution in [0, 0.1) is 22.6 Å². The number of hydrogen-bond donors (Lipinski definition) is 1. The van der Waals surface area contributed by atoms with E-state index >= 15 is 0 Å². The summed E-state index contributed by atoms with van der Waals surface area (Å²) in [6, 6.07) is 2.70. The molecule has 1 nitrogen and oxygen atoms in total. The molecule has 2 N–H and O–H groups in total. The highest BCUT2D eigenvalue weighted by Crippen LogP contribution is 2.71. The maximum absolute atomic E-state index is 14.0. The Bertz CT molecular complexity index is 485. The average Bonchev–Trinajstić information content (AvgIpc) is 2.62. The summed E-state index contributed by atoms with van der Waals surface area (Å²) in [5, 5.41) is 0.498. The normalized spacial score (nSPS) is 22.9. The molecule has 4 heteroatoms. The van der Waals surface area contributed by atoms with Gasteiger partial charge < -0.3 is 5.73 Å². The summed E-state index contributed by atoms with van der Waals surface area (Å²) in [6.07, 6.45) is 0. The quantitative estimate of drug-likeness (QED) is 0.763. The van der Waals surface area contributed by atoms with E-state index in [0.717, 1.165) is 0 Å². The van der Waals surface area contributed by atoms with Gasteiger partial charge in [0, 0.05) is 16.1 Å². The van der Waals surface area contributed by atoms with Crippen LogP contribution in [-0.2, 0) is 0 Å². The monoisotopic (exact) mass is 333 g/mol. The van der Waals surface area contributed by atoms with Crippen molar-refractivity contribution in [2.45, 2.75) is 33.7 Å². The Balaban J connectivity index is 2.37. The largest absolute Gasteiger partial charge is 0.324 e. The van der Waals surface area contributed by atoms with Crippen LogP contribution in [0.2, 0.25) is 5.02 Å². The zero-order chi connectivity index (χ0) is 13.9. The fourth-order valence-corrected chi connectivity index (χ4v) is 3.61. The minimum Gasteiger partial charge on any atom is -0.324 e. The van der Waals surface area contributed by atoms with Crippen molar-refractivity contribution in [3.8, 4) is 0 Å². The number of hydrogen-bond acceptors (Lipinski definition) is 1. The third kappa shape index (κ3) is 1.91. The molecule has 0 radical (unpaired) electrons. The van der Waals surface area contributed by atoms with Crippen LogP contribution in [-0.4, -0.2) is 0 Å². The molecule has 0 aliphatic heterocycles. The summed E-state index contributed by atoms with van der Waals surface area (Å²) < 4.78 is 14.6. The molecular weight excluding hydrogens is 317 g/mol. The zero-order valence-electron chi connectivity index (χ0n) is 11.0. The van der Waals surface area contributed by atoms with Crippen LogP contribution < -0.4 is 5.73 Å². The molecule has 1 fully saturated rings. The Labute approximate surface area is 121 Å². The van der Waals surface area contributed by atoms with Gasteiger partial charge in [-0.1, -0.05) is 39.3 Å².